The Bertz CT molecular complexity index is 924. The Hall–Kier alpha value is -2.51. The van der Waals surface area contributed by atoms with Gasteiger partial charge in [-0.1, -0.05) is 44.2 Å². The van der Waals surface area contributed by atoms with E-state index in [4.69, 9.17) is 4.74 Å². The Morgan fingerprint density at radius 1 is 1.23 bits per heavy atom. The van der Waals surface area contributed by atoms with Gasteiger partial charge in [0, 0.05) is 0 Å². The molecule has 0 radical (unpaired) electrons. The van der Waals surface area contributed by atoms with Crippen molar-refractivity contribution in [2.45, 2.75) is 51.8 Å². The van der Waals surface area contributed by atoms with E-state index in [2.05, 4.69) is 10.6 Å². The number of hydrogen-bond acceptors (Lipinski definition) is 5. The number of hydrogen-bond donors (Lipinski definition) is 2. The molecule has 30 heavy (non-hydrogen) atoms. The molecule has 0 saturated carbocycles. The van der Waals surface area contributed by atoms with E-state index in [0.717, 1.165) is 11.1 Å². The van der Waals surface area contributed by atoms with Gasteiger partial charge in [-0.25, -0.2) is 0 Å². The highest BCUT2D eigenvalue weighted by Crippen LogP contribution is 2.26. The second-order valence-corrected chi connectivity index (χ2v) is 9.20. The SMILES string of the molecule is CC(C)CC(NC(=O)c1cc(-c2ccccc2)cs1)C(=O)NC1(C)C(=O)COC1C. The Kier molecular flexibility index (Phi) is 6.73. The number of rotatable bonds is 7. The molecule has 1 aromatic heterocycles. The van der Waals surface area contributed by atoms with Crippen LogP contribution in [-0.4, -0.2) is 41.9 Å². The largest absolute Gasteiger partial charge is 0.368 e. The molecule has 7 heteroatoms. The van der Waals surface area contributed by atoms with Gasteiger partial charge >= 0.3 is 0 Å². The number of ether oxygens (including phenoxy) is 1. The van der Waals surface area contributed by atoms with Crippen molar-refractivity contribution < 1.29 is 19.1 Å². The van der Waals surface area contributed by atoms with E-state index in [-0.39, 0.29) is 30.1 Å². The van der Waals surface area contributed by atoms with E-state index < -0.39 is 17.7 Å². The first-order valence-electron chi connectivity index (χ1n) is 10.1. The summed E-state index contributed by atoms with van der Waals surface area (Å²) in [5.74, 6) is -0.644. The molecular formula is C23H28N2O4S. The van der Waals surface area contributed by atoms with Crippen molar-refractivity contribution >= 4 is 28.9 Å². The summed E-state index contributed by atoms with van der Waals surface area (Å²) in [7, 11) is 0. The van der Waals surface area contributed by atoms with Gasteiger partial charge in [-0.05, 0) is 48.8 Å². The fourth-order valence-electron chi connectivity index (χ4n) is 3.43. The summed E-state index contributed by atoms with van der Waals surface area (Å²) in [5.41, 5.74) is 0.914. The molecule has 3 unspecified atom stereocenters. The first-order chi connectivity index (χ1) is 14.2. The standard InChI is InChI=1S/C23H28N2O4S/c1-14(2)10-18(21(27)25-23(4)15(3)29-12-20(23)26)24-22(28)19-11-17(13-30-19)16-8-6-5-7-9-16/h5-9,11,13-15,18H,10,12H2,1-4H3,(H,24,28)(H,25,27). The van der Waals surface area contributed by atoms with Crippen molar-refractivity contribution in [3.8, 4) is 11.1 Å². The van der Waals surface area contributed by atoms with Gasteiger partial charge in [-0.2, -0.15) is 0 Å². The molecule has 1 aromatic carbocycles. The zero-order valence-electron chi connectivity index (χ0n) is 17.7. The van der Waals surface area contributed by atoms with Crippen molar-refractivity contribution in [3.05, 3.63) is 46.7 Å². The van der Waals surface area contributed by atoms with Crippen molar-refractivity contribution in [2.75, 3.05) is 6.61 Å². The van der Waals surface area contributed by atoms with E-state index in [1.54, 1.807) is 13.8 Å². The molecule has 3 rings (SSSR count). The molecule has 6 nitrogen and oxygen atoms in total. The predicted octanol–water partition coefficient (Wildman–Crippen LogP) is 3.42. The number of thiophene rings is 1. The van der Waals surface area contributed by atoms with E-state index >= 15 is 0 Å². The smallest absolute Gasteiger partial charge is 0.262 e. The molecule has 2 N–H and O–H groups in total. The lowest BCUT2D eigenvalue weighted by atomic mass is 9.92. The highest BCUT2D eigenvalue weighted by atomic mass is 32.1. The van der Waals surface area contributed by atoms with Crippen molar-refractivity contribution in [1.29, 1.82) is 0 Å². The molecule has 3 atom stereocenters. The summed E-state index contributed by atoms with van der Waals surface area (Å²) in [6, 6.07) is 10.9. The molecule has 0 bridgehead atoms. The number of amides is 2. The highest BCUT2D eigenvalue weighted by Gasteiger charge is 2.47. The molecule has 1 fully saturated rings. The van der Waals surface area contributed by atoms with Crippen LogP contribution in [0.1, 0.15) is 43.8 Å². The zero-order chi connectivity index (χ0) is 21.9. The van der Waals surface area contributed by atoms with Gasteiger partial charge in [0.2, 0.25) is 5.91 Å². The summed E-state index contributed by atoms with van der Waals surface area (Å²) >= 11 is 1.34. The quantitative estimate of drug-likeness (QED) is 0.708. The molecule has 0 spiro atoms. The third-order valence-electron chi connectivity index (χ3n) is 5.50. The summed E-state index contributed by atoms with van der Waals surface area (Å²) in [6.07, 6.45) is 0.0450. The van der Waals surface area contributed by atoms with Crippen molar-refractivity contribution in [3.63, 3.8) is 0 Å². The topological polar surface area (TPSA) is 84.5 Å². The Morgan fingerprint density at radius 3 is 2.53 bits per heavy atom. The summed E-state index contributed by atoms with van der Waals surface area (Å²) in [6.45, 7) is 7.39. The average Bonchev–Trinajstić information content (AvgIpc) is 3.29. The van der Waals surface area contributed by atoms with Crippen LogP contribution in [-0.2, 0) is 14.3 Å². The fraction of sp³-hybridized carbons (Fsp3) is 0.435. The van der Waals surface area contributed by atoms with Crippen LogP contribution in [0.15, 0.2) is 41.8 Å². The van der Waals surface area contributed by atoms with E-state index in [9.17, 15) is 14.4 Å². The van der Waals surface area contributed by atoms with Gasteiger partial charge in [0.05, 0.1) is 11.0 Å². The van der Waals surface area contributed by atoms with Gasteiger partial charge in [-0.3, -0.25) is 14.4 Å². The van der Waals surface area contributed by atoms with Gasteiger partial charge in [0.25, 0.3) is 5.91 Å². The lowest BCUT2D eigenvalue weighted by Gasteiger charge is -2.30. The third-order valence-corrected chi connectivity index (χ3v) is 6.43. The van der Waals surface area contributed by atoms with Crippen LogP contribution in [0.5, 0.6) is 0 Å². The molecule has 0 aliphatic carbocycles. The summed E-state index contributed by atoms with van der Waals surface area (Å²) in [5, 5.41) is 7.61. The second kappa shape index (κ2) is 9.10. The van der Waals surface area contributed by atoms with Crippen LogP contribution in [0.2, 0.25) is 0 Å². The normalized spacial score (nSPS) is 22.2. The van der Waals surface area contributed by atoms with Crippen LogP contribution in [0.4, 0.5) is 0 Å². The highest BCUT2D eigenvalue weighted by molar-refractivity contribution is 7.12. The molecule has 2 amide bonds. The second-order valence-electron chi connectivity index (χ2n) is 8.29. The Labute approximate surface area is 181 Å². The first-order valence-corrected chi connectivity index (χ1v) is 11.0. The Morgan fingerprint density at radius 2 is 1.93 bits per heavy atom. The maximum atomic E-state index is 13.0. The number of carbonyl (C=O) groups is 3. The molecular weight excluding hydrogens is 400 g/mol. The maximum Gasteiger partial charge on any atom is 0.262 e. The van der Waals surface area contributed by atoms with E-state index in [1.165, 1.54) is 11.3 Å². The van der Waals surface area contributed by atoms with Gasteiger partial charge < -0.3 is 15.4 Å². The lowest BCUT2D eigenvalue weighted by Crippen LogP contribution is -2.60. The van der Waals surface area contributed by atoms with Gasteiger partial charge in [-0.15, -0.1) is 11.3 Å². The van der Waals surface area contributed by atoms with Gasteiger partial charge in [0.15, 0.2) is 5.78 Å². The summed E-state index contributed by atoms with van der Waals surface area (Å²) in [4.78, 5) is 38.6. The zero-order valence-corrected chi connectivity index (χ0v) is 18.5. The van der Waals surface area contributed by atoms with Gasteiger partial charge in [0.1, 0.15) is 18.2 Å². The average molecular weight is 429 g/mol. The van der Waals surface area contributed by atoms with Crippen LogP contribution in [0.3, 0.4) is 0 Å². The molecule has 160 valence electrons. The molecule has 2 aromatic rings. The van der Waals surface area contributed by atoms with Crippen LogP contribution >= 0.6 is 11.3 Å². The molecule has 1 saturated heterocycles. The van der Waals surface area contributed by atoms with Crippen molar-refractivity contribution in [1.82, 2.24) is 10.6 Å². The Balaban J connectivity index is 1.73. The molecule has 1 aliphatic rings. The van der Waals surface area contributed by atoms with Crippen molar-refractivity contribution in [2.24, 2.45) is 5.92 Å². The maximum absolute atomic E-state index is 13.0. The number of ketones is 1. The summed E-state index contributed by atoms with van der Waals surface area (Å²) < 4.78 is 5.39. The predicted molar refractivity (Wildman–Crippen MR) is 117 cm³/mol. The minimum Gasteiger partial charge on any atom is -0.368 e. The minimum atomic E-state index is -1.08. The fourth-order valence-corrected chi connectivity index (χ4v) is 4.25. The van der Waals surface area contributed by atoms with Crippen LogP contribution < -0.4 is 10.6 Å². The lowest BCUT2D eigenvalue weighted by molar-refractivity contribution is -0.130. The van der Waals surface area contributed by atoms with Crippen LogP contribution in [0, 0.1) is 5.92 Å². The number of carbonyl (C=O) groups excluding carboxylic acids is 3. The number of nitrogens with one attached hydrogen (secondary N) is 2. The van der Waals surface area contributed by atoms with E-state index in [1.807, 2.05) is 55.6 Å². The molecule has 1 aliphatic heterocycles. The molecule has 2 heterocycles. The van der Waals surface area contributed by atoms with Crippen LogP contribution in [0.25, 0.3) is 11.1 Å². The monoisotopic (exact) mass is 428 g/mol. The first kappa shape index (κ1) is 22.2. The minimum absolute atomic E-state index is 0.0173. The number of Topliss-reactive ketones (excluding diaryl/α,β-unsaturated/α-hetero) is 1. The van der Waals surface area contributed by atoms with E-state index in [0.29, 0.717) is 11.3 Å². The third kappa shape index (κ3) is 4.79. The number of benzene rings is 1.